The maximum absolute atomic E-state index is 12.4. The van der Waals surface area contributed by atoms with Crippen molar-refractivity contribution < 1.29 is 14.4 Å². The highest BCUT2D eigenvalue weighted by molar-refractivity contribution is 5.76. The quantitative estimate of drug-likeness (QED) is 0.0449. The normalized spacial score (nSPS) is 11.4. The van der Waals surface area contributed by atoms with Crippen LogP contribution >= 0.6 is 0 Å². The second kappa shape index (κ2) is 61.8. The summed E-state index contributed by atoms with van der Waals surface area (Å²) >= 11 is 0. The first-order valence-corrected chi connectivity index (χ1v) is 31.9. The van der Waals surface area contributed by atoms with Crippen molar-refractivity contribution >= 4 is 17.7 Å². The van der Waals surface area contributed by atoms with Gasteiger partial charge in [0.05, 0.1) is 0 Å². The molecule has 0 aliphatic rings. The van der Waals surface area contributed by atoms with Crippen molar-refractivity contribution in [2.24, 2.45) is 0 Å². The van der Waals surface area contributed by atoms with Crippen LogP contribution < -0.4 is 21.3 Å². The monoisotopic (exact) mass is 1020 g/mol. The highest BCUT2D eigenvalue weighted by atomic mass is 16.2. The lowest BCUT2D eigenvalue weighted by Gasteiger charge is -2.26. The molecule has 0 spiro atoms. The van der Waals surface area contributed by atoms with Gasteiger partial charge in [0.25, 0.3) is 0 Å². The van der Waals surface area contributed by atoms with E-state index in [0.717, 1.165) is 104 Å². The Bertz CT molecular complexity index is 1040. The predicted molar refractivity (Wildman–Crippen MR) is 316 cm³/mol. The molecule has 430 valence electrons. The van der Waals surface area contributed by atoms with Crippen LogP contribution in [0.25, 0.3) is 0 Å². The van der Waals surface area contributed by atoms with Crippen molar-refractivity contribution in [2.45, 2.75) is 292 Å². The summed E-state index contributed by atoms with van der Waals surface area (Å²) < 4.78 is 0. The lowest BCUT2D eigenvalue weighted by atomic mass is 10.1. The van der Waals surface area contributed by atoms with Crippen molar-refractivity contribution in [3.05, 3.63) is 0 Å². The van der Waals surface area contributed by atoms with Gasteiger partial charge in [-0.05, 0) is 45.9 Å². The van der Waals surface area contributed by atoms with Crippen molar-refractivity contribution in [3.8, 4) is 0 Å². The highest BCUT2D eigenvalue weighted by Gasteiger charge is 2.11. The summed E-state index contributed by atoms with van der Waals surface area (Å²) in [7, 11) is 1.97. The lowest BCUT2D eigenvalue weighted by Crippen LogP contribution is -2.38. The molecule has 0 saturated heterocycles. The molecule has 0 aromatic rings. The van der Waals surface area contributed by atoms with Crippen LogP contribution in [-0.2, 0) is 14.4 Å². The number of hydrogen-bond donors (Lipinski definition) is 4. The van der Waals surface area contributed by atoms with E-state index in [2.05, 4.69) is 77.5 Å². The van der Waals surface area contributed by atoms with Gasteiger partial charge in [-0.15, -0.1) is 0 Å². The lowest BCUT2D eigenvalue weighted by molar-refractivity contribution is -0.122. The minimum absolute atomic E-state index is 0.179. The van der Waals surface area contributed by atoms with Crippen molar-refractivity contribution in [1.29, 1.82) is 0 Å². The molecule has 3 amide bonds. The Labute approximate surface area is 450 Å². The molecule has 4 N–H and O–H groups in total. The zero-order chi connectivity index (χ0) is 53.1. The molecule has 0 aromatic carbocycles. The van der Waals surface area contributed by atoms with E-state index < -0.39 is 0 Å². The molecule has 10 nitrogen and oxygen atoms in total. The molecular weight excluding hydrogens is 891 g/mol. The van der Waals surface area contributed by atoms with E-state index in [1.807, 2.05) is 7.05 Å². The maximum atomic E-state index is 12.4. The molecule has 0 aliphatic heterocycles. The van der Waals surface area contributed by atoms with Crippen LogP contribution in [-0.4, -0.2) is 125 Å². The zero-order valence-electron chi connectivity index (χ0n) is 49.8. The Morgan fingerprint density at radius 1 is 0.264 bits per heavy atom. The SMILES string of the molecule is CCCCCCCCCCCCCCNC(=O)CCN(CC)CCN(CC)CCC(=O)NCCCCCCCCCCCCCC.CCCCCCCCCCCCCCNC(=O)CCN(CC)CCNC. The number of unbranched alkanes of at least 4 members (excludes halogenated alkanes) is 33. The molecule has 0 fully saturated rings. The fourth-order valence-corrected chi connectivity index (χ4v) is 9.46. The van der Waals surface area contributed by atoms with Crippen molar-refractivity contribution in [1.82, 2.24) is 36.0 Å². The third-order valence-electron chi connectivity index (χ3n) is 14.8. The molecule has 0 bridgehead atoms. The molecule has 0 aromatic heterocycles. The van der Waals surface area contributed by atoms with E-state index >= 15 is 0 Å². The Hall–Kier alpha value is -1.75. The Balaban J connectivity index is 0. The minimum Gasteiger partial charge on any atom is -0.356 e. The summed E-state index contributed by atoms with van der Waals surface area (Å²) in [4.78, 5) is 43.7. The van der Waals surface area contributed by atoms with E-state index in [-0.39, 0.29) is 17.7 Å². The first kappa shape index (κ1) is 72.3. The van der Waals surface area contributed by atoms with Gasteiger partial charge in [-0.25, -0.2) is 0 Å². The van der Waals surface area contributed by atoms with Crippen molar-refractivity contribution in [2.75, 3.05) is 92.1 Å². The summed E-state index contributed by atoms with van der Waals surface area (Å²) in [5, 5.41) is 12.5. The third-order valence-corrected chi connectivity index (χ3v) is 14.8. The molecule has 0 heterocycles. The maximum Gasteiger partial charge on any atom is 0.221 e. The Morgan fingerprint density at radius 3 is 0.681 bits per heavy atom. The largest absolute Gasteiger partial charge is 0.356 e. The fraction of sp³-hybridized carbons (Fsp3) is 0.952. The number of carbonyl (C=O) groups is 3. The third kappa shape index (κ3) is 57.5. The van der Waals surface area contributed by atoms with Crippen LogP contribution in [0.15, 0.2) is 0 Å². The first-order chi connectivity index (χ1) is 35.3. The van der Waals surface area contributed by atoms with E-state index in [0.29, 0.717) is 19.3 Å². The highest BCUT2D eigenvalue weighted by Crippen LogP contribution is 2.14. The van der Waals surface area contributed by atoms with Crippen LogP contribution in [0.3, 0.4) is 0 Å². The summed E-state index contributed by atoms with van der Waals surface area (Å²) in [5.41, 5.74) is 0. The van der Waals surface area contributed by atoms with Gasteiger partial charge in [0, 0.05) is 84.7 Å². The Morgan fingerprint density at radius 2 is 0.472 bits per heavy atom. The molecule has 0 radical (unpaired) electrons. The van der Waals surface area contributed by atoms with Crippen LogP contribution in [0.1, 0.15) is 292 Å². The topological polar surface area (TPSA) is 109 Å². The van der Waals surface area contributed by atoms with Gasteiger partial charge in [-0.3, -0.25) is 14.4 Å². The number of hydrogen-bond acceptors (Lipinski definition) is 7. The standard InChI is InChI=1S/C40H82N4O2.C22H47N3O/c1-5-9-11-13-15-17-19-21-23-25-27-29-33-41-39(45)31-35-43(7-3)37-38-44(8-4)36-32-40(46)42-34-30-28-26-24-22-20-18-16-14-12-10-6-2;1-4-6-7-8-9-10-11-12-13-14-15-16-18-24-22(26)17-20-25(5-2)21-19-23-3/h5-38H2,1-4H3,(H,41,45)(H,42,46);23H,4-21H2,1-3H3,(H,24,26). The number of likely N-dealkylation sites (N-methyl/N-ethyl adjacent to an activating group) is 4. The van der Waals surface area contributed by atoms with Gasteiger partial charge in [-0.2, -0.15) is 0 Å². The molecule has 0 saturated carbocycles. The minimum atomic E-state index is 0.179. The number of nitrogens with one attached hydrogen (secondary N) is 4. The number of rotatable bonds is 57. The predicted octanol–water partition coefficient (Wildman–Crippen LogP) is 14.8. The zero-order valence-corrected chi connectivity index (χ0v) is 49.8. The summed E-state index contributed by atoms with van der Waals surface area (Å²) in [6.45, 7) is 25.0. The smallest absolute Gasteiger partial charge is 0.221 e. The Kier molecular flexibility index (Phi) is 62.1. The molecule has 0 atom stereocenters. The van der Waals surface area contributed by atoms with Gasteiger partial charge < -0.3 is 36.0 Å². The second-order valence-corrected chi connectivity index (χ2v) is 21.4. The van der Waals surface area contributed by atoms with E-state index in [1.54, 1.807) is 0 Å². The number of amides is 3. The molecule has 0 rings (SSSR count). The van der Waals surface area contributed by atoms with Crippen LogP contribution in [0, 0.1) is 0 Å². The molecule has 72 heavy (non-hydrogen) atoms. The molecule has 0 aliphatic carbocycles. The van der Waals surface area contributed by atoms with E-state index in [1.165, 1.54) is 212 Å². The van der Waals surface area contributed by atoms with Crippen LogP contribution in [0.2, 0.25) is 0 Å². The number of nitrogens with zero attached hydrogens (tertiary/aromatic N) is 3. The fourth-order valence-electron chi connectivity index (χ4n) is 9.46. The molecular formula is C62H129N7O3. The average Bonchev–Trinajstić information content (AvgIpc) is 3.39. The second-order valence-electron chi connectivity index (χ2n) is 21.4. The van der Waals surface area contributed by atoms with Crippen molar-refractivity contribution in [3.63, 3.8) is 0 Å². The van der Waals surface area contributed by atoms with Crippen LogP contribution in [0.4, 0.5) is 0 Å². The molecule has 0 unspecified atom stereocenters. The number of carbonyl (C=O) groups excluding carboxylic acids is 3. The average molecular weight is 1020 g/mol. The van der Waals surface area contributed by atoms with Gasteiger partial charge >= 0.3 is 0 Å². The van der Waals surface area contributed by atoms with Gasteiger partial charge in [0.2, 0.25) is 17.7 Å². The van der Waals surface area contributed by atoms with Gasteiger partial charge in [0.1, 0.15) is 0 Å². The van der Waals surface area contributed by atoms with E-state index in [9.17, 15) is 14.4 Å². The van der Waals surface area contributed by atoms with Gasteiger partial charge in [-0.1, -0.05) is 253 Å². The van der Waals surface area contributed by atoms with Crippen LogP contribution in [0.5, 0.6) is 0 Å². The summed E-state index contributed by atoms with van der Waals surface area (Å²) in [6.07, 6.45) is 50.2. The molecule has 10 heteroatoms. The summed E-state index contributed by atoms with van der Waals surface area (Å²) in [6, 6.07) is 0. The van der Waals surface area contributed by atoms with Gasteiger partial charge in [0.15, 0.2) is 0 Å². The summed E-state index contributed by atoms with van der Waals surface area (Å²) in [5.74, 6) is 0.563. The first-order valence-electron chi connectivity index (χ1n) is 31.9. The van der Waals surface area contributed by atoms with E-state index in [4.69, 9.17) is 0 Å².